The second-order valence-electron chi connectivity index (χ2n) is 8.32. The average Bonchev–Trinajstić information content (AvgIpc) is 3.43. The van der Waals surface area contributed by atoms with E-state index in [2.05, 4.69) is 25.6 Å². The fourth-order valence-electron chi connectivity index (χ4n) is 4.24. The number of nitrogens with one attached hydrogen (secondary N) is 1. The van der Waals surface area contributed by atoms with Crippen LogP contribution in [0.15, 0.2) is 29.3 Å². The van der Waals surface area contributed by atoms with E-state index in [1.807, 2.05) is 42.9 Å². The summed E-state index contributed by atoms with van der Waals surface area (Å²) in [7, 11) is 1.94. The van der Waals surface area contributed by atoms with Gasteiger partial charge in [0.05, 0.1) is 6.07 Å². The van der Waals surface area contributed by atoms with Crippen LogP contribution in [0.25, 0.3) is 0 Å². The van der Waals surface area contributed by atoms with Crippen molar-refractivity contribution in [3.63, 3.8) is 0 Å². The predicted molar refractivity (Wildman–Crippen MR) is 123 cm³/mol. The summed E-state index contributed by atoms with van der Waals surface area (Å²) in [5, 5.41) is 12.2. The first-order valence-corrected chi connectivity index (χ1v) is 11.8. The standard InChI is InChI=1S/C23H30N6OS/c1-17-21(31-29-12-7-18(15-24)8-13-29)14-20(27(17)2)23(30)26-16-19-6-5-9-25-22(19)28-10-3-4-11-28/h5-6,9,14,18H,3-4,7-8,10-13,16H2,1-2H3,(H,26,30). The third-order valence-corrected chi connectivity index (χ3v) is 7.53. The molecule has 31 heavy (non-hydrogen) atoms. The normalized spacial score (nSPS) is 17.6. The molecule has 164 valence electrons. The lowest BCUT2D eigenvalue weighted by molar-refractivity contribution is 0.0942. The number of hydrogen-bond acceptors (Lipinski definition) is 6. The largest absolute Gasteiger partial charge is 0.356 e. The molecule has 2 fully saturated rings. The van der Waals surface area contributed by atoms with Gasteiger partial charge in [-0.3, -0.25) is 4.79 Å². The Hall–Kier alpha value is -2.50. The van der Waals surface area contributed by atoms with Gasteiger partial charge in [0.15, 0.2) is 0 Å². The molecule has 0 aromatic carbocycles. The second kappa shape index (κ2) is 9.75. The Morgan fingerprint density at radius 1 is 1.29 bits per heavy atom. The highest BCUT2D eigenvalue weighted by Gasteiger charge is 2.23. The summed E-state index contributed by atoms with van der Waals surface area (Å²) in [6.07, 6.45) is 6.03. The monoisotopic (exact) mass is 438 g/mol. The van der Waals surface area contributed by atoms with Gasteiger partial charge in [0, 0.05) is 68.0 Å². The highest BCUT2D eigenvalue weighted by atomic mass is 32.2. The molecule has 0 spiro atoms. The minimum Gasteiger partial charge on any atom is -0.356 e. The van der Waals surface area contributed by atoms with Crippen LogP contribution < -0.4 is 10.2 Å². The van der Waals surface area contributed by atoms with Crippen LogP contribution >= 0.6 is 11.9 Å². The van der Waals surface area contributed by atoms with E-state index in [1.54, 1.807) is 11.9 Å². The molecule has 4 rings (SSSR count). The molecule has 7 nitrogen and oxygen atoms in total. The van der Waals surface area contributed by atoms with E-state index in [9.17, 15) is 4.79 Å². The van der Waals surface area contributed by atoms with Crippen molar-refractivity contribution >= 4 is 23.7 Å². The molecule has 0 atom stereocenters. The maximum atomic E-state index is 13.0. The maximum absolute atomic E-state index is 13.0. The van der Waals surface area contributed by atoms with Gasteiger partial charge in [0.25, 0.3) is 5.91 Å². The van der Waals surface area contributed by atoms with E-state index in [0.717, 1.165) is 61.0 Å². The van der Waals surface area contributed by atoms with Crippen LogP contribution in [0.1, 0.15) is 47.4 Å². The van der Waals surface area contributed by atoms with Gasteiger partial charge in [-0.15, -0.1) is 0 Å². The van der Waals surface area contributed by atoms with Gasteiger partial charge in [0.1, 0.15) is 11.5 Å². The zero-order valence-corrected chi connectivity index (χ0v) is 19.1. The van der Waals surface area contributed by atoms with Gasteiger partial charge in [-0.05, 0) is 56.7 Å². The summed E-state index contributed by atoms with van der Waals surface area (Å²) in [5.41, 5.74) is 2.80. The van der Waals surface area contributed by atoms with Gasteiger partial charge in [0.2, 0.25) is 0 Å². The third-order valence-electron chi connectivity index (χ3n) is 6.30. The van der Waals surface area contributed by atoms with Crippen LogP contribution in [-0.4, -0.2) is 45.9 Å². The predicted octanol–water partition coefficient (Wildman–Crippen LogP) is 3.50. The van der Waals surface area contributed by atoms with Crippen LogP contribution in [-0.2, 0) is 13.6 Å². The Kier molecular flexibility index (Phi) is 6.83. The lowest BCUT2D eigenvalue weighted by Crippen LogP contribution is -2.27. The molecule has 0 bridgehead atoms. The summed E-state index contributed by atoms with van der Waals surface area (Å²) in [6.45, 7) is 6.38. The molecule has 0 radical (unpaired) electrons. The van der Waals surface area contributed by atoms with Crippen LogP contribution in [0.3, 0.4) is 0 Å². The molecule has 2 saturated heterocycles. The second-order valence-corrected chi connectivity index (χ2v) is 9.46. The zero-order valence-electron chi connectivity index (χ0n) is 18.3. The molecule has 1 N–H and O–H groups in total. The summed E-state index contributed by atoms with van der Waals surface area (Å²) in [4.78, 5) is 21.0. The molecule has 8 heteroatoms. The van der Waals surface area contributed by atoms with Gasteiger partial charge in [-0.2, -0.15) is 5.26 Å². The van der Waals surface area contributed by atoms with Gasteiger partial charge >= 0.3 is 0 Å². The topological polar surface area (TPSA) is 77.2 Å². The number of carbonyl (C=O) groups excluding carboxylic acids is 1. The van der Waals surface area contributed by atoms with Crippen molar-refractivity contribution in [2.45, 2.75) is 44.0 Å². The van der Waals surface area contributed by atoms with Gasteiger partial charge < -0.3 is 14.8 Å². The van der Waals surface area contributed by atoms with E-state index in [-0.39, 0.29) is 11.8 Å². The molecule has 2 aliphatic heterocycles. The molecule has 2 aliphatic rings. The number of rotatable bonds is 6. The molecule has 4 heterocycles. The Labute approximate surface area is 188 Å². The first-order chi connectivity index (χ1) is 15.1. The third kappa shape index (κ3) is 4.89. The quantitative estimate of drug-likeness (QED) is 0.696. The fraction of sp³-hybridized carbons (Fsp3) is 0.522. The number of aromatic nitrogens is 2. The number of pyridine rings is 1. The Balaban J connectivity index is 1.41. The Morgan fingerprint density at radius 2 is 2.03 bits per heavy atom. The first-order valence-electron chi connectivity index (χ1n) is 11.0. The van der Waals surface area contributed by atoms with Crippen molar-refractivity contribution in [2.75, 3.05) is 31.1 Å². The number of piperidine rings is 1. The Bertz CT molecular complexity index is 967. The van der Waals surface area contributed by atoms with E-state index < -0.39 is 0 Å². The van der Waals surface area contributed by atoms with Crippen LogP contribution in [0.2, 0.25) is 0 Å². The first kappa shape index (κ1) is 21.7. The SMILES string of the molecule is Cc1c(SN2CCC(C#N)CC2)cc(C(=O)NCc2cccnc2N2CCCC2)n1C. The van der Waals surface area contributed by atoms with Crippen molar-refractivity contribution in [1.29, 1.82) is 5.26 Å². The molecule has 2 aromatic rings. The van der Waals surface area contributed by atoms with Crippen molar-refractivity contribution in [3.8, 4) is 6.07 Å². The lowest BCUT2D eigenvalue weighted by Gasteiger charge is -2.27. The molecule has 0 unspecified atom stereocenters. The van der Waals surface area contributed by atoms with Gasteiger partial charge in [-0.25, -0.2) is 9.29 Å². The highest BCUT2D eigenvalue weighted by molar-refractivity contribution is 7.97. The molecule has 1 amide bonds. The highest BCUT2D eigenvalue weighted by Crippen LogP contribution is 2.32. The van der Waals surface area contributed by atoms with Crippen LogP contribution in [0.5, 0.6) is 0 Å². The Morgan fingerprint density at radius 3 is 2.74 bits per heavy atom. The zero-order chi connectivity index (χ0) is 21.8. The summed E-state index contributed by atoms with van der Waals surface area (Å²) in [6, 6.07) is 8.33. The number of hydrogen-bond donors (Lipinski definition) is 1. The summed E-state index contributed by atoms with van der Waals surface area (Å²) >= 11 is 1.70. The van der Waals surface area contributed by atoms with E-state index >= 15 is 0 Å². The van der Waals surface area contributed by atoms with Crippen LogP contribution in [0, 0.1) is 24.2 Å². The number of carbonyl (C=O) groups is 1. The molecular formula is C23H30N6OS. The van der Waals surface area contributed by atoms with Crippen LogP contribution in [0.4, 0.5) is 5.82 Å². The molecule has 0 aliphatic carbocycles. The molecular weight excluding hydrogens is 408 g/mol. The number of amides is 1. The van der Waals surface area contributed by atoms with Crippen molar-refractivity contribution in [3.05, 3.63) is 41.3 Å². The van der Waals surface area contributed by atoms with E-state index in [1.165, 1.54) is 12.8 Å². The number of nitriles is 1. The molecule has 2 aromatic heterocycles. The number of anilines is 1. The van der Waals surface area contributed by atoms with Gasteiger partial charge in [-0.1, -0.05) is 6.07 Å². The van der Waals surface area contributed by atoms with Crippen molar-refractivity contribution in [1.82, 2.24) is 19.2 Å². The van der Waals surface area contributed by atoms with E-state index in [0.29, 0.717) is 12.2 Å². The lowest BCUT2D eigenvalue weighted by atomic mass is 10.0. The smallest absolute Gasteiger partial charge is 0.268 e. The minimum atomic E-state index is -0.0723. The summed E-state index contributed by atoms with van der Waals surface area (Å²) in [5.74, 6) is 1.09. The van der Waals surface area contributed by atoms with E-state index in [4.69, 9.17) is 5.26 Å². The average molecular weight is 439 g/mol. The van der Waals surface area contributed by atoms with Crippen molar-refractivity contribution < 1.29 is 4.79 Å². The summed E-state index contributed by atoms with van der Waals surface area (Å²) < 4.78 is 4.26. The number of nitrogens with zero attached hydrogens (tertiary/aromatic N) is 5. The molecule has 0 saturated carbocycles. The van der Waals surface area contributed by atoms with Crippen molar-refractivity contribution in [2.24, 2.45) is 13.0 Å². The maximum Gasteiger partial charge on any atom is 0.268 e. The fourth-order valence-corrected chi connectivity index (χ4v) is 5.35. The minimum absolute atomic E-state index is 0.0723.